The first-order chi connectivity index (χ1) is 17.0. The molecule has 5 rings (SSSR count). The fraction of sp³-hybridized carbons (Fsp3) is 0.310. The van der Waals surface area contributed by atoms with Crippen LogP contribution in [0.4, 0.5) is 4.79 Å². The first kappa shape index (κ1) is 23.0. The van der Waals surface area contributed by atoms with Crippen molar-refractivity contribution >= 4 is 6.03 Å². The summed E-state index contributed by atoms with van der Waals surface area (Å²) in [6.45, 7) is 9.62. The fourth-order valence-corrected chi connectivity index (χ4v) is 4.90. The normalized spacial score (nSPS) is 15.0. The topological polar surface area (TPSA) is 55.1 Å². The maximum atomic E-state index is 13.6. The number of hydrogen-bond donors (Lipinski definition) is 1. The van der Waals surface area contributed by atoms with Crippen molar-refractivity contribution < 1.29 is 4.79 Å². The van der Waals surface area contributed by atoms with Gasteiger partial charge >= 0.3 is 6.03 Å². The number of amides is 2. The second-order valence-corrected chi connectivity index (χ2v) is 9.52. The molecular formula is C29H33N5O. The summed E-state index contributed by atoms with van der Waals surface area (Å²) < 4.78 is 4.21. The van der Waals surface area contributed by atoms with Gasteiger partial charge in [0, 0.05) is 18.3 Å². The molecule has 0 saturated heterocycles. The predicted octanol–water partition coefficient (Wildman–Crippen LogP) is 6.12. The van der Waals surface area contributed by atoms with E-state index in [1.54, 1.807) is 0 Å². The van der Waals surface area contributed by atoms with Crippen molar-refractivity contribution in [1.82, 2.24) is 24.6 Å². The molecule has 6 heteroatoms. The highest BCUT2D eigenvalue weighted by Gasteiger charge is 2.35. The van der Waals surface area contributed by atoms with Crippen LogP contribution in [0.25, 0.3) is 11.5 Å². The average Bonchev–Trinajstić information content (AvgIpc) is 3.43. The molecule has 1 atom stereocenters. The summed E-state index contributed by atoms with van der Waals surface area (Å²) in [5, 5.41) is 8.03. The molecule has 1 aliphatic heterocycles. The van der Waals surface area contributed by atoms with E-state index in [2.05, 4.69) is 85.4 Å². The van der Waals surface area contributed by atoms with Gasteiger partial charge in [-0.3, -0.25) is 0 Å². The van der Waals surface area contributed by atoms with Crippen molar-refractivity contribution in [1.29, 1.82) is 0 Å². The number of rotatable bonds is 5. The molecule has 1 aliphatic rings. The zero-order valence-electron chi connectivity index (χ0n) is 20.9. The maximum absolute atomic E-state index is 13.6. The van der Waals surface area contributed by atoms with Gasteiger partial charge in [-0.1, -0.05) is 63.2 Å². The monoisotopic (exact) mass is 467 g/mol. The Kier molecular flexibility index (Phi) is 6.20. The third-order valence-electron chi connectivity index (χ3n) is 6.79. The predicted molar refractivity (Wildman–Crippen MR) is 139 cm³/mol. The molecule has 0 fully saturated rings. The van der Waals surface area contributed by atoms with Crippen molar-refractivity contribution in [2.45, 2.75) is 52.6 Å². The lowest BCUT2D eigenvalue weighted by molar-refractivity contribution is 0.180. The Hall–Kier alpha value is -3.80. The lowest BCUT2D eigenvalue weighted by atomic mass is 9.97. The largest absolute Gasteiger partial charge is 0.338 e. The molecule has 1 unspecified atom stereocenters. The minimum Gasteiger partial charge on any atom is -0.338 e. The molecule has 0 bridgehead atoms. The van der Waals surface area contributed by atoms with Gasteiger partial charge in [-0.05, 0) is 54.7 Å². The first-order valence-electron chi connectivity index (χ1n) is 12.5. The highest BCUT2D eigenvalue weighted by Crippen LogP contribution is 2.38. The number of fused-ring (bicyclic) bond motifs is 3. The van der Waals surface area contributed by atoms with Gasteiger partial charge in [0.25, 0.3) is 0 Å². The number of hydrogen-bond acceptors (Lipinski definition) is 2. The molecule has 6 nitrogen and oxygen atoms in total. The number of nitrogens with one attached hydrogen (secondary N) is 1. The van der Waals surface area contributed by atoms with Crippen LogP contribution in [-0.2, 0) is 6.54 Å². The number of carbonyl (C=O) groups is 1. The van der Waals surface area contributed by atoms with Crippen LogP contribution in [-0.4, -0.2) is 31.8 Å². The summed E-state index contributed by atoms with van der Waals surface area (Å²) in [5.41, 5.74) is 6.41. The van der Waals surface area contributed by atoms with Gasteiger partial charge in [0.2, 0.25) is 0 Å². The number of aryl methyl sites for hydroxylation is 1. The number of benzene rings is 2. The molecule has 35 heavy (non-hydrogen) atoms. The SMILES string of the molecule is CCCNC(=O)N1Cc2c(C)nn(-c3ccccc3)c2-n2cccc2C1c1ccc(C(C)C)cc1. The lowest BCUT2D eigenvalue weighted by Gasteiger charge is -2.31. The zero-order valence-corrected chi connectivity index (χ0v) is 20.9. The maximum Gasteiger partial charge on any atom is 0.318 e. The van der Waals surface area contributed by atoms with Crippen LogP contribution >= 0.6 is 0 Å². The summed E-state index contributed by atoms with van der Waals surface area (Å²) in [7, 11) is 0. The van der Waals surface area contributed by atoms with E-state index in [1.165, 1.54) is 5.56 Å². The van der Waals surface area contributed by atoms with Crippen molar-refractivity contribution in [3.05, 3.63) is 101 Å². The van der Waals surface area contributed by atoms with E-state index in [0.717, 1.165) is 40.4 Å². The van der Waals surface area contributed by atoms with Gasteiger partial charge in [0.1, 0.15) is 5.82 Å². The van der Waals surface area contributed by atoms with Crippen molar-refractivity contribution in [2.24, 2.45) is 0 Å². The third kappa shape index (κ3) is 4.14. The molecule has 2 aromatic carbocycles. The van der Waals surface area contributed by atoms with E-state index in [0.29, 0.717) is 19.0 Å². The molecule has 3 heterocycles. The highest BCUT2D eigenvalue weighted by molar-refractivity contribution is 5.76. The van der Waals surface area contributed by atoms with E-state index in [4.69, 9.17) is 5.10 Å². The average molecular weight is 468 g/mol. The standard InChI is InChI=1S/C29H33N5O/c1-5-17-30-29(35)33-19-25-21(4)31-34(24-10-7-6-8-11-24)28(25)32-18-9-12-26(32)27(33)23-15-13-22(14-16-23)20(2)3/h6-16,18,20,27H,5,17,19H2,1-4H3,(H,30,35). The first-order valence-corrected chi connectivity index (χ1v) is 12.5. The molecule has 180 valence electrons. The lowest BCUT2D eigenvalue weighted by Crippen LogP contribution is -2.42. The molecule has 0 radical (unpaired) electrons. The molecule has 0 saturated carbocycles. The van der Waals surface area contributed by atoms with Crippen molar-refractivity contribution in [3.63, 3.8) is 0 Å². The minimum absolute atomic E-state index is 0.0581. The smallest absolute Gasteiger partial charge is 0.318 e. The molecular weight excluding hydrogens is 434 g/mol. The third-order valence-corrected chi connectivity index (χ3v) is 6.79. The van der Waals surface area contributed by atoms with E-state index >= 15 is 0 Å². The summed E-state index contributed by atoms with van der Waals surface area (Å²) in [6, 6.07) is 22.8. The highest BCUT2D eigenvalue weighted by atomic mass is 16.2. The summed E-state index contributed by atoms with van der Waals surface area (Å²) in [4.78, 5) is 15.5. The van der Waals surface area contributed by atoms with Crippen LogP contribution < -0.4 is 5.32 Å². The second kappa shape index (κ2) is 9.45. The van der Waals surface area contributed by atoms with Crippen LogP contribution in [0.3, 0.4) is 0 Å². The quantitative estimate of drug-likeness (QED) is 0.384. The van der Waals surface area contributed by atoms with E-state index in [-0.39, 0.29) is 12.1 Å². The number of aromatic nitrogens is 3. The van der Waals surface area contributed by atoms with Gasteiger partial charge in [-0.25, -0.2) is 9.48 Å². The van der Waals surface area contributed by atoms with Gasteiger partial charge in [-0.2, -0.15) is 5.10 Å². The van der Waals surface area contributed by atoms with Crippen LogP contribution in [0.5, 0.6) is 0 Å². The Morgan fingerprint density at radius 3 is 2.49 bits per heavy atom. The molecule has 1 N–H and O–H groups in total. The molecule has 2 aromatic heterocycles. The Bertz CT molecular complexity index is 1320. The molecule has 0 aliphatic carbocycles. The van der Waals surface area contributed by atoms with Crippen molar-refractivity contribution in [3.8, 4) is 11.5 Å². The Morgan fingerprint density at radius 2 is 1.80 bits per heavy atom. The van der Waals surface area contributed by atoms with E-state index in [1.807, 2.05) is 34.7 Å². The molecule has 0 spiro atoms. The van der Waals surface area contributed by atoms with Gasteiger partial charge in [0.05, 0.1) is 29.7 Å². The summed E-state index contributed by atoms with van der Waals surface area (Å²) in [5.74, 6) is 1.44. The van der Waals surface area contributed by atoms with Gasteiger partial charge in [-0.15, -0.1) is 0 Å². The number of urea groups is 1. The summed E-state index contributed by atoms with van der Waals surface area (Å²) >= 11 is 0. The fourth-order valence-electron chi connectivity index (χ4n) is 4.90. The van der Waals surface area contributed by atoms with Gasteiger partial charge in [0.15, 0.2) is 0 Å². The van der Waals surface area contributed by atoms with E-state index in [9.17, 15) is 4.79 Å². The second-order valence-electron chi connectivity index (χ2n) is 9.52. The van der Waals surface area contributed by atoms with Crippen LogP contribution in [0, 0.1) is 6.92 Å². The van der Waals surface area contributed by atoms with Crippen LogP contribution in [0.15, 0.2) is 72.9 Å². The Balaban J connectivity index is 1.70. The number of nitrogens with zero attached hydrogens (tertiary/aromatic N) is 4. The summed E-state index contributed by atoms with van der Waals surface area (Å²) in [6.07, 6.45) is 2.97. The van der Waals surface area contributed by atoms with E-state index < -0.39 is 0 Å². The Labute approximate surface area is 207 Å². The number of para-hydroxylation sites is 1. The number of carbonyl (C=O) groups excluding carboxylic acids is 1. The molecule has 4 aromatic rings. The van der Waals surface area contributed by atoms with Crippen LogP contribution in [0.1, 0.15) is 67.2 Å². The van der Waals surface area contributed by atoms with Gasteiger partial charge < -0.3 is 14.8 Å². The zero-order chi connectivity index (χ0) is 24.5. The minimum atomic E-state index is -0.223. The molecule has 2 amide bonds. The van der Waals surface area contributed by atoms with Crippen molar-refractivity contribution in [2.75, 3.05) is 6.54 Å². The van der Waals surface area contributed by atoms with Crippen LogP contribution in [0.2, 0.25) is 0 Å². The Morgan fingerprint density at radius 1 is 1.06 bits per heavy atom.